The number of rotatable bonds is 5. The third kappa shape index (κ3) is 3.73. The standard InChI is InChI=1S/C22H26N4O2/c1-25-19-9-5-3-7-17(19)23-21(25)15-26-13-11-16(12-14-26)22(27)24-18-8-4-6-10-20(18)28-2/h3-10,16H,11-15H2,1-2H3,(H,24,27). The molecule has 2 aromatic carbocycles. The van der Waals surface area contributed by atoms with E-state index in [0.717, 1.165) is 55.0 Å². The molecular weight excluding hydrogens is 352 g/mol. The van der Waals surface area contributed by atoms with Crippen LogP contribution in [0.15, 0.2) is 48.5 Å². The highest BCUT2D eigenvalue weighted by Gasteiger charge is 2.26. The first-order chi connectivity index (χ1) is 13.7. The van der Waals surface area contributed by atoms with Gasteiger partial charge < -0.3 is 14.6 Å². The third-order valence-corrected chi connectivity index (χ3v) is 5.57. The zero-order valence-corrected chi connectivity index (χ0v) is 16.4. The van der Waals surface area contributed by atoms with Gasteiger partial charge in [-0.15, -0.1) is 0 Å². The molecule has 1 fully saturated rings. The first kappa shape index (κ1) is 18.5. The number of piperidine rings is 1. The fraction of sp³-hybridized carbons (Fsp3) is 0.364. The Morgan fingerprint density at radius 3 is 2.61 bits per heavy atom. The minimum Gasteiger partial charge on any atom is -0.495 e. The number of carbonyl (C=O) groups excluding carboxylic acids is 1. The van der Waals surface area contributed by atoms with Crippen LogP contribution in [0.1, 0.15) is 18.7 Å². The summed E-state index contributed by atoms with van der Waals surface area (Å²) in [4.78, 5) is 19.8. The van der Waals surface area contributed by atoms with Gasteiger partial charge in [0.15, 0.2) is 0 Å². The molecule has 1 saturated heterocycles. The van der Waals surface area contributed by atoms with Crippen molar-refractivity contribution in [3.05, 3.63) is 54.4 Å². The smallest absolute Gasteiger partial charge is 0.227 e. The monoisotopic (exact) mass is 378 g/mol. The summed E-state index contributed by atoms with van der Waals surface area (Å²) < 4.78 is 7.48. The number of aryl methyl sites for hydroxylation is 1. The van der Waals surface area contributed by atoms with Crippen LogP contribution >= 0.6 is 0 Å². The largest absolute Gasteiger partial charge is 0.495 e. The van der Waals surface area contributed by atoms with Crippen LogP contribution in [0, 0.1) is 5.92 Å². The summed E-state index contributed by atoms with van der Waals surface area (Å²) in [6, 6.07) is 15.7. The molecule has 4 rings (SSSR count). The van der Waals surface area contributed by atoms with E-state index in [1.165, 1.54) is 0 Å². The molecule has 1 amide bonds. The van der Waals surface area contributed by atoms with Crippen LogP contribution in [0.25, 0.3) is 11.0 Å². The maximum absolute atomic E-state index is 12.7. The lowest BCUT2D eigenvalue weighted by atomic mass is 9.95. The Morgan fingerprint density at radius 1 is 1.14 bits per heavy atom. The van der Waals surface area contributed by atoms with Crippen LogP contribution in [-0.2, 0) is 18.4 Å². The van der Waals surface area contributed by atoms with E-state index in [-0.39, 0.29) is 11.8 Å². The minimum absolute atomic E-state index is 0.0293. The number of para-hydroxylation sites is 4. The van der Waals surface area contributed by atoms with Crippen LogP contribution in [0.5, 0.6) is 5.75 Å². The average Bonchev–Trinajstić information content (AvgIpc) is 3.04. The summed E-state index contributed by atoms with van der Waals surface area (Å²) in [7, 11) is 3.68. The number of benzene rings is 2. The summed E-state index contributed by atoms with van der Waals surface area (Å²) >= 11 is 0. The summed E-state index contributed by atoms with van der Waals surface area (Å²) in [6.07, 6.45) is 1.70. The Balaban J connectivity index is 1.35. The number of nitrogens with zero attached hydrogens (tertiary/aromatic N) is 3. The molecule has 3 aromatic rings. The van der Waals surface area contributed by atoms with E-state index >= 15 is 0 Å². The Labute approximate surface area is 165 Å². The maximum Gasteiger partial charge on any atom is 0.227 e. The Morgan fingerprint density at radius 2 is 1.86 bits per heavy atom. The molecule has 1 aromatic heterocycles. The van der Waals surface area contributed by atoms with Crippen molar-refractivity contribution in [1.82, 2.24) is 14.5 Å². The molecule has 0 bridgehead atoms. The molecule has 2 heterocycles. The molecule has 1 aliphatic rings. The second kappa shape index (κ2) is 8.02. The number of amides is 1. The minimum atomic E-state index is 0.0293. The molecule has 0 unspecified atom stereocenters. The fourth-order valence-corrected chi connectivity index (χ4v) is 3.87. The summed E-state index contributed by atoms with van der Waals surface area (Å²) in [5.74, 6) is 1.86. The molecule has 0 spiro atoms. The molecule has 6 heteroatoms. The van der Waals surface area contributed by atoms with E-state index in [9.17, 15) is 4.79 Å². The number of fused-ring (bicyclic) bond motifs is 1. The second-order valence-electron chi connectivity index (χ2n) is 7.32. The molecule has 0 atom stereocenters. The number of ether oxygens (including phenoxy) is 1. The van der Waals surface area contributed by atoms with Crippen molar-refractivity contribution in [2.24, 2.45) is 13.0 Å². The number of likely N-dealkylation sites (tertiary alicyclic amines) is 1. The maximum atomic E-state index is 12.7. The van der Waals surface area contributed by atoms with Crippen molar-refractivity contribution in [2.75, 3.05) is 25.5 Å². The lowest BCUT2D eigenvalue weighted by Gasteiger charge is -2.31. The van der Waals surface area contributed by atoms with Gasteiger partial charge in [-0.05, 0) is 50.2 Å². The van der Waals surface area contributed by atoms with Crippen LogP contribution in [0.3, 0.4) is 0 Å². The molecule has 28 heavy (non-hydrogen) atoms. The van der Waals surface area contributed by atoms with Crippen molar-refractivity contribution in [2.45, 2.75) is 19.4 Å². The van der Waals surface area contributed by atoms with E-state index in [2.05, 4.69) is 27.9 Å². The van der Waals surface area contributed by atoms with Gasteiger partial charge in [0, 0.05) is 13.0 Å². The van der Waals surface area contributed by atoms with Crippen molar-refractivity contribution in [3.63, 3.8) is 0 Å². The molecule has 0 saturated carbocycles. The molecule has 1 aliphatic heterocycles. The number of hydrogen-bond donors (Lipinski definition) is 1. The number of aromatic nitrogens is 2. The Bertz CT molecular complexity index is 974. The SMILES string of the molecule is COc1ccccc1NC(=O)C1CCN(Cc2nc3ccccc3n2C)CC1. The zero-order valence-electron chi connectivity index (χ0n) is 16.4. The predicted molar refractivity (Wildman–Crippen MR) is 110 cm³/mol. The number of anilines is 1. The number of carbonyl (C=O) groups is 1. The van der Waals surface area contributed by atoms with Crippen molar-refractivity contribution >= 4 is 22.6 Å². The highest BCUT2D eigenvalue weighted by Crippen LogP contribution is 2.26. The van der Waals surface area contributed by atoms with Crippen molar-refractivity contribution in [1.29, 1.82) is 0 Å². The number of nitrogens with one attached hydrogen (secondary N) is 1. The molecule has 1 N–H and O–H groups in total. The van der Waals surface area contributed by atoms with Gasteiger partial charge >= 0.3 is 0 Å². The van der Waals surface area contributed by atoms with Gasteiger partial charge in [-0.25, -0.2) is 4.98 Å². The lowest BCUT2D eigenvalue weighted by molar-refractivity contribution is -0.121. The van der Waals surface area contributed by atoms with Gasteiger partial charge in [-0.2, -0.15) is 0 Å². The van der Waals surface area contributed by atoms with Crippen LogP contribution in [0.4, 0.5) is 5.69 Å². The van der Waals surface area contributed by atoms with Gasteiger partial charge in [0.1, 0.15) is 11.6 Å². The normalized spacial score (nSPS) is 15.6. The molecule has 146 valence electrons. The molecular formula is C22H26N4O2. The van der Waals surface area contributed by atoms with Crippen LogP contribution in [-0.4, -0.2) is 40.6 Å². The van der Waals surface area contributed by atoms with Gasteiger partial charge in [-0.3, -0.25) is 9.69 Å². The van der Waals surface area contributed by atoms with Gasteiger partial charge in [0.2, 0.25) is 5.91 Å². The topological polar surface area (TPSA) is 59.4 Å². The van der Waals surface area contributed by atoms with Crippen LogP contribution in [0.2, 0.25) is 0 Å². The van der Waals surface area contributed by atoms with E-state index in [0.29, 0.717) is 5.75 Å². The van der Waals surface area contributed by atoms with Crippen molar-refractivity contribution < 1.29 is 9.53 Å². The highest BCUT2D eigenvalue weighted by molar-refractivity contribution is 5.94. The van der Waals surface area contributed by atoms with Crippen molar-refractivity contribution in [3.8, 4) is 5.75 Å². The number of imidazole rings is 1. The molecule has 0 aliphatic carbocycles. The zero-order chi connectivity index (χ0) is 19.5. The quantitative estimate of drug-likeness (QED) is 0.739. The lowest BCUT2D eigenvalue weighted by Crippen LogP contribution is -2.38. The van der Waals surface area contributed by atoms with E-state index in [1.807, 2.05) is 42.5 Å². The molecule has 0 radical (unpaired) electrons. The highest BCUT2D eigenvalue weighted by atomic mass is 16.5. The third-order valence-electron chi connectivity index (χ3n) is 5.57. The first-order valence-electron chi connectivity index (χ1n) is 9.72. The fourth-order valence-electron chi connectivity index (χ4n) is 3.87. The van der Waals surface area contributed by atoms with E-state index < -0.39 is 0 Å². The van der Waals surface area contributed by atoms with E-state index in [4.69, 9.17) is 9.72 Å². The van der Waals surface area contributed by atoms with Gasteiger partial charge in [-0.1, -0.05) is 24.3 Å². The summed E-state index contributed by atoms with van der Waals surface area (Å²) in [5.41, 5.74) is 2.92. The second-order valence-corrected chi connectivity index (χ2v) is 7.32. The number of hydrogen-bond acceptors (Lipinski definition) is 4. The predicted octanol–water partition coefficient (Wildman–Crippen LogP) is 3.43. The Kier molecular flexibility index (Phi) is 5.30. The Hall–Kier alpha value is -2.86. The first-order valence-corrected chi connectivity index (χ1v) is 9.72. The summed E-state index contributed by atoms with van der Waals surface area (Å²) in [5, 5.41) is 3.02. The van der Waals surface area contributed by atoms with Gasteiger partial charge in [0.25, 0.3) is 0 Å². The number of methoxy groups -OCH3 is 1. The van der Waals surface area contributed by atoms with Crippen LogP contribution < -0.4 is 10.1 Å². The summed E-state index contributed by atoms with van der Waals surface area (Å²) in [6.45, 7) is 2.60. The average molecular weight is 378 g/mol. The van der Waals surface area contributed by atoms with E-state index in [1.54, 1.807) is 7.11 Å². The van der Waals surface area contributed by atoms with Gasteiger partial charge in [0.05, 0.1) is 30.4 Å². The molecule has 6 nitrogen and oxygen atoms in total.